The summed E-state index contributed by atoms with van der Waals surface area (Å²) in [4.78, 5) is 0. The number of ether oxygens (including phenoxy) is 2. The molecule has 0 bridgehead atoms. The van der Waals surface area contributed by atoms with Crippen molar-refractivity contribution in [3.05, 3.63) is 47.8 Å². The summed E-state index contributed by atoms with van der Waals surface area (Å²) in [5.74, 6) is -1.14. The van der Waals surface area contributed by atoms with Gasteiger partial charge in [0.2, 0.25) is 0 Å². The second kappa shape index (κ2) is 4.90. The first-order valence-corrected chi connectivity index (χ1v) is 7.38. The number of halogens is 1. The Hall–Kier alpha value is -1.23. The number of nitrogens with two attached hydrogens (primary N) is 1. The largest absolute Gasteiger partial charge is 0.347 e. The van der Waals surface area contributed by atoms with Crippen LogP contribution < -0.4 is 5.73 Å². The van der Waals surface area contributed by atoms with Crippen LogP contribution in [0.4, 0.5) is 4.39 Å². The van der Waals surface area contributed by atoms with E-state index in [9.17, 15) is 4.39 Å². The molecular formula is C17H22FNO2. The molecule has 114 valence electrons. The molecule has 2 aliphatic rings. The molecule has 1 aromatic rings. The summed E-state index contributed by atoms with van der Waals surface area (Å²) < 4.78 is 25.5. The van der Waals surface area contributed by atoms with Crippen LogP contribution in [0.3, 0.4) is 0 Å². The standard InChI is InChI=1S/C17H22FNO2/c1-15(2)11-20-17(21-12-15)10-4-3-9-16(17,19)13-5-7-14(18)8-6-13/h3,5-9H,4,10-12,19H2,1-2H3/t16-/m1/s1. The van der Waals surface area contributed by atoms with Crippen molar-refractivity contribution in [2.24, 2.45) is 11.1 Å². The lowest BCUT2D eigenvalue weighted by atomic mass is 9.75. The lowest BCUT2D eigenvalue weighted by Gasteiger charge is -2.53. The predicted octanol–water partition coefficient (Wildman–Crippen LogP) is 3.10. The maximum absolute atomic E-state index is 13.2. The van der Waals surface area contributed by atoms with Crippen LogP contribution >= 0.6 is 0 Å². The molecule has 1 aliphatic carbocycles. The normalized spacial score (nSPS) is 30.5. The Morgan fingerprint density at radius 3 is 2.33 bits per heavy atom. The lowest BCUT2D eigenvalue weighted by Crippen LogP contribution is -2.64. The van der Waals surface area contributed by atoms with E-state index in [0.717, 1.165) is 12.0 Å². The molecular weight excluding hydrogens is 269 g/mol. The molecule has 1 heterocycles. The third-order valence-corrected chi connectivity index (χ3v) is 4.37. The van der Waals surface area contributed by atoms with Gasteiger partial charge in [0.05, 0.1) is 13.2 Å². The fourth-order valence-corrected chi connectivity index (χ4v) is 3.01. The third-order valence-electron chi connectivity index (χ3n) is 4.37. The van der Waals surface area contributed by atoms with Crippen LogP contribution in [0.5, 0.6) is 0 Å². The molecule has 2 N–H and O–H groups in total. The minimum atomic E-state index is -0.893. The van der Waals surface area contributed by atoms with E-state index in [4.69, 9.17) is 15.2 Å². The molecule has 21 heavy (non-hydrogen) atoms. The monoisotopic (exact) mass is 291 g/mol. The van der Waals surface area contributed by atoms with Gasteiger partial charge in [0.1, 0.15) is 11.4 Å². The summed E-state index contributed by atoms with van der Waals surface area (Å²) >= 11 is 0. The van der Waals surface area contributed by atoms with Crippen LogP contribution in [-0.4, -0.2) is 19.0 Å². The molecule has 1 saturated heterocycles. The smallest absolute Gasteiger partial charge is 0.194 e. The van der Waals surface area contributed by atoms with E-state index >= 15 is 0 Å². The zero-order valence-corrected chi connectivity index (χ0v) is 12.6. The summed E-state index contributed by atoms with van der Waals surface area (Å²) in [7, 11) is 0. The van der Waals surface area contributed by atoms with Crippen LogP contribution in [0, 0.1) is 11.2 Å². The molecule has 1 atom stereocenters. The first kappa shape index (κ1) is 14.7. The first-order chi connectivity index (χ1) is 9.87. The van der Waals surface area contributed by atoms with Crippen molar-refractivity contribution in [1.29, 1.82) is 0 Å². The molecule has 3 rings (SSSR count). The second-order valence-electron chi connectivity index (χ2n) is 6.81. The van der Waals surface area contributed by atoms with Crippen LogP contribution in [0.2, 0.25) is 0 Å². The third kappa shape index (κ3) is 2.41. The van der Waals surface area contributed by atoms with E-state index in [2.05, 4.69) is 13.8 Å². The van der Waals surface area contributed by atoms with E-state index < -0.39 is 11.3 Å². The highest BCUT2D eigenvalue weighted by Crippen LogP contribution is 2.46. The summed E-state index contributed by atoms with van der Waals surface area (Å²) in [6, 6.07) is 6.26. The molecule has 0 radical (unpaired) electrons. The van der Waals surface area contributed by atoms with Crippen molar-refractivity contribution >= 4 is 0 Å². The molecule has 0 aromatic heterocycles. The molecule has 4 heteroatoms. The van der Waals surface area contributed by atoms with Gasteiger partial charge >= 0.3 is 0 Å². The SMILES string of the molecule is CC1(C)COC2(CCC=C[C@@]2(N)c2ccc(F)cc2)OC1. The van der Waals surface area contributed by atoms with Gasteiger partial charge in [0.15, 0.2) is 5.79 Å². The number of benzene rings is 1. The fraction of sp³-hybridized carbons (Fsp3) is 0.529. The van der Waals surface area contributed by atoms with Gasteiger partial charge in [-0.15, -0.1) is 0 Å². The van der Waals surface area contributed by atoms with Gasteiger partial charge in [-0.3, -0.25) is 0 Å². The number of hydrogen-bond donors (Lipinski definition) is 1. The van der Waals surface area contributed by atoms with Gasteiger partial charge in [0, 0.05) is 11.8 Å². The Morgan fingerprint density at radius 2 is 1.71 bits per heavy atom. The Kier molecular flexibility index (Phi) is 3.43. The molecule has 1 aliphatic heterocycles. The van der Waals surface area contributed by atoms with Gasteiger partial charge in [-0.25, -0.2) is 4.39 Å². The first-order valence-electron chi connectivity index (χ1n) is 7.38. The van der Waals surface area contributed by atoms with Gasteiger partial charge in [-0.2, -0.15) is 0 Å². The number of allylic oxidation sites excluding steroid dienone is 1. The summed E-state index contributed by atoms with van der Waals surface area (Å²) in [6.07, 6.45) is 5.54. The quantitative estimate of drug-likeness (QED) is 0.809. The summed E-state index contributed by atoms with van der Waals surface area (Å²) in [5.41, 5.74) is 6.56. The fourth-order valence-electron chi connectivity index (χ4n) is 3.01. The molecule has 0 amide bonds. The van der Waals surface area contributed by atoms with Gasteiger partial charge in [-0.1, -0.05) is 38.1 Å². The van der Waals surface area contributed by atoms with Crippen LogP contribution in [0.1, 0.15) is 32.3 Å². The van der Waals surface area contributed by atoms with Crippen molar-refractivity contribution < 1.29 is 13.9 Å². The zero-order valence-electron chi connectivity index (χ0n) is 12.6. The molecule has 3 nitrogen and oxygen atoms in total. The van der Waals surface area contributed by atoms with E-state index in [1.54, 1.807) is 12.1 Å². The molecule has 1 fully saturated rings. The molecule has 0 saturated carbocycles. The van der Waals surface area contributed by atoms with Crippen molar-refractivity contribution in [3.63, 3.8) is 0 Å². The maximum Gasteiger partial charge on any atom is 0.194 e. The predicted molar refractivity (Wildman–Crippen MR) is 79.1 cm³/mol. The van der Waals surface area contributed by atoms with E-state index in [1.165, 1.54) is 12.1 Å². The number of rotatable bonds is 1. The van der Waals surface area contributed by atoms with Crippen molar-refractivity contribution in [3.8, 4) is 0 Å². The molecule has 1 spiro atoms. The van der Waals surface area contributed by atoms with Crippen molar-refractivity contribution in [2.75, 3.05) is 13.2 Å². The second-order valence-corrected chi connectivity index (χ2v) is 6.81. The highest BCUT2D eigenvalue weighted by molar-refractivity contribution is 5.35. The Balaban J connectivity index is 1.99. The maximum atomic E-state index is 13.2. The molecule has 0 unspecified atom stereocenters. The van der Waals surface area contributed by atoms with Gasteiger partial charge in [0.25, 0.3) is 0 Å². The highest BCUT2D eigenvalue weighted by atomic mass is 19.1. The topological polar surface area (TPSA) is 44.5 Å². The Bertz CT molecular complexity index is 542. The summed E-state index contributed by atoms with van der Waals surface area (Å²) in [6.45, 7) is 5.41. The number of hydrogen-bond acceptors (Lipinski definition) is 3. The van der Waals surface area contributed by atoms with Gasteiger partial charge in [-0.05, 0) is 24.1 Å². The van der Waals surface area contributed by atoms with E-state index in [1.807, 2.05) is 12.2 Å². The van der Waals surface area contributed by atoms with E-state index in [-0.39, 0.29) is 11.2 Å². The van der Waals surface area contributed by atoms with Gasteiger partial charge < -0.3 is 15.2 Å². The zero-order chi connectivity index (χ0) is 15.1. The van der Waals surface area contributed by atoms with Crippen LogP contribution in [0.25, 0.3) is 0 Å². The average molecular weight is 291 g/mol. The average Bonchev–Trinajstić information content (AvgIpc) is 2.46. The Labute approximate surface area is 124 Å². The van der Waals surface area contributed by atoms with Crippen LogP contribution in [0.15, 0.2) is 36.4 Å². The Morgan fingerprint density at radius 1 is 1.10 bits per heavy atom. The minimum Gasteiger partial charge on any atom is -0.347 e. The molecule has 1 aromatic carbocycles. The lowest BCUT2D eigenvalue weighted by molar-refractivity contribution is -0.327. The minimum absolute atomic E-state index is 0.0177. The summed E-state index contributed by atoms with van der Waals surface area (Å²) in [5, 5.41) is 0. The van der Waals surface area contributed by atoms with E-state index in [0.29, 0.717) is 19.6 Å². The highest BCUT2D eigenvalue weighted by Gasteiger charge is 2.55. The van der Waals surface area contributed by atoms with Crippen molar-refractivity contribution in [2.45, 2.75) is 38.0 Å². The van der Waals surface area contributed by atoms with Crippen LogP contribution in [-0.2, 0) is 15.0 Å². The van der Waals surface area contributed by atoms with Crippen molar-refractivity contribution in [1.82, 2.24) is 0 Å².